The van der Waals surface area contributed by atoms with E-state index in [9.17, 15) is 19.2 Å². The highest BCUT2D eigenvalue weighted by molar-refractivity contribution is 5.98. The molecule has 0 unspecified atom stereocenters. The van der Waals surface area contributed by atoms with E-state index >= 15 is 0 Å². The van der Waals surface area contributed by atoms with Gasteiger partial charge in [0.1, 0.15) is 12.3 Å². The normalized spacial score (nSPS) is 11.5. The molecule has 1 amide bonds. The Morgan fingerprint density at radius 2 is 1.67 bits per heavy atom. The van der Waals surface area contributed by atoms with Gasteiger partial charge in [0.15, 0.2) is 5.78 Å². The maximum absolute atomic E-state index is 13.5. The van der Waals surface area contributed by atoms with E-state index in [1.807, 2.05) is 27.7 Å². The van der Waals surface area contributed by atoms with Crippen LogP contribution in [0.3, 0.4) is 0 Å². The second-order valence-electron chi connectivity index (χ2n) is 9.33. The fourth-order valence-electron chi connectivity index (χ4n) is 3.99. The molecule has 0 atom stereocenters. The Bertz CT molecular complexity index is 1580. The second kappa shape index (κ2) is 9.80. The quantitative estimate of drug-likeness (QED) is 0.379. The minimum absolute atomic E-state index is 0.106. The van der Waals surface area contributed by atoms with E-state index in [2.05, 4.69) is 10.4 Å². The lowest BCUT2D eigenvalue weighted by atomic mass is 10.1. The molecular formula is C26H29N5O5. The van der Waals surface area contributed by atoms with Gasteiger partial charge in [0.25, 0.3) is 11.5 Å². The van der Waals surface area contributed by atoms with Gasteiger partial charge in [-0.25, -0.2) is 13.9 Å². The summed E-state index contributed by atoms with van der Waals surface area (Å²) in [5, 5.41) is 7.48. The van der Waals surface area contributed by atoms with E-state index in [0.717, 1.165) is 4.68 Å². The standard InChI is InChI=1S/C26H29N5O5/c1-15(2)13-27-23(33)18-8-11-20-21(12-18)31-25(30(16(3)4)24(20)34)28-29(26(31)35)14-22(32)17-6-9-19(36-5)10-7-17/h6-12,15-16H,13-14H2,1-5H3,(H,27,33). The van der Waals surface area contributed by atoms with Crippen molar-refractivity contribution in [2.75, 3.05) is 13.7 Å². The van der Waals surface area contributed by atoms with Crippen LogP contribution in [0.15, 0.2) is 52.1 Å². The van der Waals surface area contributed by atoms with Crippen molar-refractivity contribution in [3.05, 3.63) is 74.4 Å². The minimum Gasteiger partial charge on any atom is -0.497 e. The fraction of sp³-hybridized carbons (Fsp3) is 0.346. The van der Waals surface area contributed by atoms with Gasteiger partial charge in [-0.15, -0.1) is 5.10 Å². The smallest absolute Gasteiger partial charge is 0.352 e. The van der Waals surface area contributed by atoms with Gasteiger partial charge in [0.2, 0.25) is 5.78 Å². The van der Waals surface area contributed by atoms with Crippen LogP contribution in [0.4, 0.5) is 0 Å². The number of hydrogen-bond acceptors (Lipinski definition) is 6. The van der Waals surface area contributed by atoms with Crippen LogP contribution in [0.25, 0.3) is 16.7 Å². The number of ketones is 1. The van der Waals surface area contributed by atoms with Crippen molar-refractivity contribution in [3.8, 4) is 5.75 Å². The zero-order chi connectivity index (χ0) is 26.1. The highest BCUT2D eigenvalue weighted by Crippen LogP contribution is 2.17. The number of hydrogen-bond donors (Lipinski definition) is 1. The van der Waals surface area contributed by atoms with Gasteiger partial charge in [-0.3, -0.25) is 19.0 Å². The number of amides is 1. The Hall–Kier alpha value is -4.21. The second-order valence-corrected chi connectivity index (χ2v) is 9.33. The molecule has 4 rings (SSSR count). The Labute approximate surface area is 207 Å². The number of methoxy groups -OCH3 is 1. The molecule has 0 aliphatic carbocycles. The molecule has 4 aromatic rings. The number of ether oxygens (including phenoxy) is 1. The van der Waals surface area contributed by atoms with E-state index in [1.54, 1.807) is 36.4 Å². The average Bonchev–Trinajstić information content (AvgIpc) is 3.17. The summed E-state index contributed by atoms with van der Waals surface area (Å²) in [6.45, 7) is 7.78. The third kappa shape index (κ3) is 4.53. The summed E-state index contributed by atoms with van der Waals surface area (Å²) in [4.78, 5) is 52.4. The Morgan fingerprint density at radius 3 is 2.28 bits per heavy atom. The van der Waals surface area contributed by atoms with Crippen LogP contribution in [0, 0.1) is 5.92 Å². The third-order valence-corrected chi connectivity index (χ3v) is 5.88. The molecule has 0 aliphatic heterocycles. The van der Waals surface area contributed by atoms with E-state index in [4.69, 9.17) is 4.74 Å². The molecule has 36 heavy (non-hydrogen) atoms. The molecule has 2 aromatic carbocycles. The third-order valence-electron chi connectivity index (χ3n) is 5.88. The highest BCUT2D eigenvalue weighted by Gasteiger charge is 2.21. The van der Waals surface area contributed by atoms with Gasteiger partial charge in [-0.1, -0.05) is 13.8 Å². The summed E-state index contributed by atoms with van der Waals surface area (Å²) in [6, 6.07) is 10.9. The van der Waals surface area contributed by atoms with Crippen LogP contribution >= 0.6 is 0 Å². The Balaban J connectivity index is 1.86. The zero-order valence-corrected chi connectivity index (χ0v) is 20.9. The van der Waals surface area contributed by atoms with Crippen molar-refractivity contribution in [2.24, 2.45) is 5.92 Å². The summed E-state index contributed by atoms with van der Waals surface area (Å²) in [5.41, 5.74) is 0.0681. The van der Waals surface area contributed by atoms with Gasteiger partial charge in [0.05, 0.1) is 18.0 Å². The van der Waals surface area contributed by atoms with Crippen LogP contribution in [0.1, 0.15) is 54.5 Å². The predicted molar refractivity (Wildman–Crippen MR) is 136 cm³/mol. The van der Waals surface area contributed by atoms with Crippen molar-refractivity contribution < 1.29 is 14.3 Å². The number of nitrogens with one attached hydrogen (secondary N) is 1. The van der Waals surface area contributed by atoms with E-state index in [0.29, 0.717) is 23.4 Å². The van der Waals surface area contributed by atoms with Crippen molar-refractivity contribution in [3.63, 3.8) is 0 Å². The zero-order valence-electron chi connectivity index (χ0n) is 20.9. The molecule has 188 valence electrons. The number of aromatic nitrogens is 4. The summed E-state index contributed by atoms with van der Waals surface area (Å²) in [5.74, 6) is 0.358. The number of benzene rings is 2. The SMILES string of the molecule is COc1ccc(C(=O)Cn2nc3n(C(C)C)c(=O)c4ccc(C(=O)NCC(C)C)cc4n3c2=O)cc1. The molecule has 0 aliphatic rings. The lowest BCUT2D eigenvalue weighted by molar-refractivity contribution is 0.0946. The molecule has 10 heteroatoms. The first kappa shape index (κ1) is 24.9. The molecule has 0 saturated heterocycles. The number of nitrogens with zero attached hydrogens (tertiary/aromatic N) is 4. The highest BCUT2D eigenvalue weighted by atomic mass is 16.5. The van der Waals surface area contributed by atoms with Crippen molar-refractivity contribution >= 4 is 28.4 Å². The number of rotatable bonds is 8. The van der Waals surface area contributed by atoms with Crippen LogP contribution in [0.5, 0.6) is 5.75 Å². The molecule has 2 heterocycles. The monoisotopic (exact) mass is 491 g/mol. The van der Waals surface area contributed by atoms with Gasteiger partial charge < -0.3 is 10.1 Å². The fourth-order valence-corrected chi connectivity index (χ4v) is 3.99. The first-order valence-corrected chi connectivity index (χ1v) is 11.8. The molecule has 0 radical (unpaired) electrons. The minimum atomic E-state index is -0.578. The summed E-state index contributed by atoms with van der Waals surface area (Å²) in [7, 11) is 1.53. The number of fused-ring (bicyclic) bond motifs is 3. The van der Waals surface area contributed by atoms with Gasteiger partial charge in [-0.2, -0.15) is 0 Å². The molecule has 10 nitrogen and oxygen atoms in total. The Kier molecular flexibility index (Phi) is 6.78. The van der Waals surface area contributed by atoms with Gasteiger partial charge in [-0.05, 0) is 62.2 Å². The molecule has 0 saturated carbocycles. The van der Waals surface area contributed by atoms with E-state index in [1.165, 1.54) is 22.1 Å². The van der Waals surface area contributed by atoms with Crippen molar-refractivity contribution in [2.45, 2.75) is 40.3 Å². The topological polar surface area (TPSA) is 117 Å². The van der Waals surface area contributed by atoms with Crippen molar-refractivity contribution in [1.82, 2.24) is 24.1 Å². The molecule has 0 bridgehead atoms. The maximum Gasteiger partial charge on any atom is 0.352 e. The summed E-state index contributed by atoms with van der Waals surface area (Å²) in [6.07, 6.45) is 0. The number of carbonyl (C=O) groups excluding carboxylic acids is 2. The van der Waals surface area contributed by atoms with E-state index < -0.39 is 5.69 Å². The summed E-state index contributed by atoms with van der Waals surface area (Å²) >= 11 is 0. The lowest BCUT2D eigenvalue weighted by Crippen LogP contribution is -2.29. The molecule has 0 fully saturated rings. The van der Waals surface area contributed by atoms with Gasteiger partial charge in [0, 0.05) is 23.7 Å². The average molecular weight is 492 g/mol. The Morgan fingerprint density at radius 1 is 1.00 bits per heavy atom. The summed E-state index contributed by atoms with van der Waals surface area (Å²) < 4.78 is 8.87. The van der Waals surface area contributed by atoms with Crippen LogP contribution in [0.2, 0.25) is 0 Å². The molecule has 1 N–H and O–H groups in total. The van der Waals surface area contributed by atoms with Crippen LogP contribution < -0.4 is 21.3 Å². The van der Waals surface area contributed by atoms with Gasteiger partial charge >= 0.3 is 5.69 Å². The largest absolute Gasteiger partial charge is 0.497 e. The molecule has 2 aromatic heterocycles. The van der Waals surface area contributed by atoms with Crippen molar-refractivity contribution in [1.29, 1.82) is 0 Å². The number of carbonyl (C=O) groups is 2. The first-order valence-electron chi connectivity index (χ1n) is 11.8. The van der Waals surface area contributed by atoms with E-state index in [-0.39, 0.29) is 52.4 Å². The predicted octanol–water partition coefficient (Wildman–Crippen LogP) is 2.67. The van der Waals surface area contributed by atoms with Crippen LogP contribution in [-0.4, -0.2) is 44.1 Å². The molecule has 0 spiro atoms. The molecular weight excluding hydrogens is 462 g/mol. The number of Topliss-reactive ketones (excluding diaryl/α,β-unsaturated/α-hetero) is 1. The van der Waals surface area contributed by atoms with Crippen LogP contribution in [-0.2, 0) is 6.54 Å². The lowest BCUT2D eigenvalue weighted by Gasteiger charge is -2.13. The maximum atomic E-state index is 13.5. The first-order chi connectivity index (χ1) is 17.1.